The highest BCUT2D eigenvalue weighted by Crippen LogP contribution is 2.22. The number of hydrogen-bond donors (Lipinski definition) is 2. The summed E-state index contributed by atoms with van der Waals surface area (Å²) in [4.78, 5) is 3.74. The number of pyridine rings is 1. The molecule has 0 aliphatic rings. The molecule has 2 rings (SSSR count). The number of thiophene rings is 1. The minimum atomic E-state index is -2.55. The number of nitrogens with zero attached hydrogens (tertiary/aromatic N) is 1. The van der Waals surface area contributed by atoms with Gasteiger partial charge in [-0.1, -0.05) is 6.07 Å². The van der Waals surface area contributed by atoms with Gasteiger partial charge in [-0.05, 0) is 40.9 Å². The van der Waals surface area contributed by atoms with E-state index in [0.717, 1.165) is 11.1 Å². The molecule has 0 aliphatic heterocycles. The first kappa shape index (κ1) is 15.0. The summed E-state index contributed by atoms with van der Waals surface area (Å²) in [5.41, 5.74) is 1.60. The lowest BCUT2D eigenvalue weighted by Gasteiger charge is -2.21. The fourth-order valence-corrected chi connectivity index (χ4v) is 2.64. The van der Waals surface area contributed by atoms with E-state index >= 15 is 0 Å². The second-order valence-electron chi connectivity index (χ2n) is 4.50. The quantitative estimate of drug-likeness (QED) is 0.858. The van der Waals surface area contributed by atoms with Crippen molar-refractivity contribution in [2.45, 2.75) is 25.4 Å². The van der Waals surface area contributed by atoms with Crippen molar-refractivity contribution in [1.82, 2.24) is 10.3 Å². The fourth-order valence-electron chi connectivity index (χ4n) is 1.93. The smallest absolute Gasteiger partial charge is 0.280 e. The average Bonchev–Trinajstić information content (AvgIpc) is 2.98. The molecule has 0 saturated carbocycles. The molecular weight excluding hydrogens is 282 g/mol. The second kappa shape index (κ2) is 6.88. The fraction of sp³-hybridized carbons (Fsp3) is 0.357. The number of aromatic nitrogens is 1. The molecule has 0 bridgehead atoms. The molecule has 0 fully saturated rings. The standard InChI is InChI=1S/C14H16F2N2OS/c1-9(10-2-3-12(14(15)16)17-6-10)18-13(7-19)11-4-5-20-8-11/h2-6,8-9,13-14,18-19H,7H2,1H3. The van der Waals surface area contributed by atoms with Gasteiger partial charge < -0.3 is 10.4 Å². The van der Waals surface area contributed by atoms with E-state index in [0.29, 0.717) is 0 Å². The number of alkyl halides is 2. The Balaban J connectivity index is 2.05. The van der Waals surface area contributed by atoms with Crippen LogP contribution in [0, 0.1) is 0 Å². The Morgan fingerprint density at radius 1 is 1.30 bits per heavy atom. The van der Waals surface area contributed by atoms with Crippen molar-refractivity contribution in [3.8, 4) is 0 Å². The zero-order valence-corrected chi connectivity index (χ0v) is 11.8. The lowest BCUT2D eigenvalue weighted by atomic mass is 10.1. The number of aliphatic hydroxyl groups is 1. The highest BCUT2D eigenvalue weighted by atomic mass is 32.1. The van der Waals surface area contributed by atoms with Crippen LogP contribution in [0.4, 0.5) is 8.78 Å². The molecule has 2 atom stereocenters. The van der Waals surface area contributed by atoms with E-state index in [1.165, 1.54) is 12.3 Å². The number of hydrogen-bond acceptors (Lipinski definition) is 4. The van der Waals surface area contributed by atoms with Crippen LogP contribution in [0.5, 0.6) is 0 Å². The van der Waals surface area contributed by atoms with Crippen LogP contribution in [0.2, 0.25) is 0 Å². The molecule has 2 aromatic heterocycles. The van der Waals surface area contributed by atoms with Gasteiger partial charge in [0.2, 0.25) is 0 Å². The van der Waals surface area contributed by atoms with Crippen molar-refractivity contribution >= 4 is 11.3 Å². The molecule has 20 heavy (non-hydrogen) atoms. The number of nitrogens with one attached hydrogen (secondary N) is 1. The van der Waals surface area contributed by atoms with E-state index in [1.807, 2.05) is 23.8 Å². The van der Waals surface area contributed by atoms with Crippen LogP contribution in [-0.4, -0.2) is 16.7 Å². The number of aliphatic hydroxyl groups excluding tert-OH is 1. The maximum atomic E-state index is 12.4. The third kappa shape index (κ3) is 3.59. The number of halogens is 2. The van der Waals surface area contributed by atoms with E-state index in [-0.39, 0.29) is 24.4 Å². The van der Waals surface area contributed by atoms with E-state index in [2.05, 4.69) is 10.3 Å². The minimum Gasteiger partial charge on any atom is -0.394 e. The molecule has 0 saturated heterocycles. The van der Waals surface area contributed by atoms with Crippen molar-refractivity contribution in [3.63, 3.8) is 0 Å². The summed E-state index contributed by atoms with van der Waals surface area (Å²) in [6, 6.07) is 4.64. The molecule has 6 heteroatoms. The van der Waals surface area contributed by atoms with Gasteiger partial charge in [0.1, 0.15) is 5.69 Å². The predicted molar refractivity (Wildman–Crippen MR) is 74.9 cm³/mol. The van der Waals surface area contributed by atoms with Crippen LogP contribution < -0.4 is 5.32 Å². The Morgan fingerprint density at radius 3 is 2.60 bits per heavy atom. The van der Waals surface area contributed by atoms with E-state index in [1.54, 1.807) is 17.4 Å². The van der Waals surface area contributed by atoms with Gasteiger partial charge in [-0.3, -0.25) is 4.98 Å². The first-order valence-electron chi connectivity index (χ1n) is 6.24. The van der Waals surface area contributed by atoms with Crippen LogP contribution >= 0.6 is 11.3 Å². The van der Waals surface area contributed by atoms with Crippen molar-refractivity contribution in [3.05, 3.63) is 52.0 Å². The van der Waals surface area contributed by atoms with Crippen molar-refractivity contribution in [1.29, 1.82) is 0 Å². The Hall–Kier alpha value is -1.37. The van der Waals surface area contributed by atoms with Gasteiger partial charge >= 0.3 is 0 Å². The molecule has 3 nitrogen and oxygen atoms in total. The lowest BCUT2D eigenvalue weighted by molar-refractivity contribution is 0.146. The van der Waals surface area contributed by atoms with Gasteiger partial charge in [0.25, 0.3) is 6.43 Å². The van der Waals surface area contributed by atoms with Gasteiger partial charge in [0, 0.05) is 12.2 Å². The van der Waals surface area contributed by atoms with Gasteiger partial charge in [0.05, 0.1) is 12.6 Å². The normalized spacial score (nSPS) is 14.4. The summed E-state index contributed by atoms with van der Waals surface area (Å²) < 4.78 is 24.9. The highest BCUT2D eigenvalue weighted by molar-refractivity contribution is 7.07. The molecule has 0 aromatic carbocycles. The summed E-state index contributed by atoms with van der Waals surface area (Å²) in [6.07, 6.45) is -1.11. The summed E-state index contributed by atoms with van der Waals surface area (Å²) in [5.74, 6) is 0. The van der Waals surface area contributed by atoms with Crippen LogP contribution in [0.1, 0.15) is 42.3 Å². The summed E-state index contributed by atoms with van der Waals surface area (Å²) in [5, 5.41) is 16.6. The molecule has 2 aromatic rings. The third-order valence-corrected chi connectivity index (χ3v) is 3.81. The van der Waals surface area contributed by atoms with E-state index < -0.39 is 6.43 Å². The zero-order valence-electron chi connectivity index (χ0n) is 11.0. The predicted octanol–water partition coefficient (Wildman–Crippen LogP) is 3.46. The van der Waals surface area contributed by atoms with Crippen LogP contribution in [0.3, 0.4) is 0 Å². The van der Waals surface area contributed by atoms with E-state index in [9.17, 15) is 13.9 Å². The minimum absolute atomic E-state index is 0.0242. The second-order valence-corrected chi connectivity index (χ2v) is 5.28. The maximum absolute atomic E-state index is 12.4. The van der Waals surface area contributed by atoms with Crippen molar-refractivity contribution < 1.29 is 13.9 Å². The maximum Gasteiger partial charge on any atom is 0.280 e. The zero-order chi connectivity index (χ0) is 14.5. The molecular formula is C14H16F2N2OS. The lowest BCUT2D eigenvalue weighted by Crippen LogP contribution is -2.27. The first-order valence-corrected chi connectivity index (χ1v) is 7.19. The Labute approximate surface area is 120 Å². The summed E-state index contributed by atoms with van der Waals surface area (Å²) >= 11 is 1.56. The molecule has 0 aliphatic carbocycles. The third-order valence-electron chi connectivity index (χ3n) is 3.11. The molecule has 0 amide bonds. The number of rotatable bonds is 6. The van der Waals surface area contributed by atoms with Crippen LogP contribution in [0.15, 0.2) is 35.2 Å². The monoisotopic (exact) mass is 298 g/mol. The highest BCUT2D eigenvalue weighted by Gasteiger charge is 2.16. The molecule has 2 unspecified atom stereocenters. The topological polar surface area (TPSA) is 45.1 Å². The first-order chi connectivity index (χ1) is 9.61. The largest absolute Gasteiger partial charge is 0.394 e. The summed E-state index contributed by atoms with van der Waals surface area (Å²) in [7, 11) is 0. The molecule has 0 radical (unpaired) electrons. The van der Waals surface area contributed by atoms with E-state index in [4.69, 9.17) is 0 Å². The Kier molecular flexibility index (Phi) is 5.17. The van der Waals surface area contributed by atoms with Gasteiger partial charge in [-0.2, -0.15) is 11.3 Å². The van der Waals surface area contributed by atoms with Gasteiger partial charge in [-0.15, -0.1) is 0 Å². The SMILES string of the molecule is CC(NC(CO)c1ccsc1)c1ccc(C(F)F)nc1. The van der Waals surface area contributed by atoms with Crippen molar-refractivity contribution in [2.24, 2.45) is 0 Å². The molecule has 108 valence electrons. The van der Waals surface area contributed by atoms with Gasteiger partial charge in [0.15, 0.2) is 0 Å². The van der Waals surface area contributed by atoms with Crippen LogP contribution in [0.25, 0.3) is 0 Å². The summed E-state index contributed by atoms with van der Waals surface area (Å²) in [6.45, 7) is 1.89. The molecule has 2 N–H and O–H groups in total. The van der Waals surface area contributed by atoms with Gasteiger partial charge in [-0.25, -0.2) is 8.78 Å². The molecule has 0 spiro atoms. The Bertz CT molecular complexity index is 516. The van der Waals surface area contributed by atoms with Crippen LogP contribution in [-0.2, 0) is 0 Å². The molecule has 2 heterocycles. The average molecular weight is 298 g/mol. The Morgan fingerprint density at radius 2 is 2.10 bits per heavy atom. The van der Waals surface area contributed by atoms with Crippen molar-refractivity contribution in [2.75, 3.05) is 6.61 Å².